The van der Waals surface area contributed by atoms with Crippen LogP contribution in [0.3, 0.4) is 0 Å². The minimum absolute atomic E-state index is 0.362. The molecule has 8 heteroatoms. The fourth-order valence-electron chi connectivity index (χ4n) is 3.10. The summed E-state index contributed by atoms with van der Waals surface area (Å²) in [6, 6.07) is 11.4. The van der Waals surface area contributed by atoms with Crippen molar-refractivity contribution < 1.29 is 8.42 Å². The number of imidazole rings is 1. The molecule has 0 saturated heterocycles. The first kappa shape index (κ1) is 19.9. The van der Waals surface area contributed by atoms with Gasteiger partial charge in [-0.25, -0.2) is 13.4 Å². The van der Waals surface area contributed by atoms with Gasteiger partial charge >= 0.3 is 0 Å². The second-order valence-electron chi connectivity index (χ2n) is 6.78. The molecule has 0 unspecified atom stereocenters. The number of pyridine rings is 1. The highest BCUT2D eigenvalue weighted by atomic mass is 32.2. The fourth-order valence-corrected chi connectivity index (χ4v) is 4.06. The largest absolute Gasteiger partial charge is 0.352 e. The summed E-state index contributed by atoms with van der Waals surface area (Å²) in [5.41, 5.74) is 4.69. The molecular weight excluding hydrogens is 374 g/mol. The normalized spacial score (nSPS) is 12.4. The van der Waals surface area contributed by atoms with Gasteiger partial charge in [-0.3, -0.25) is 4.99 Å². The standard InChI is InChI=1S/C20H25N5O2S/c1-14-10-16(8-9-18(14)28(4,26)27)11-22-20(21-3)23-12-17-13-25-15(2)6-5-7-19(25)24-17/h5-10,13H,11-12H2,1-4H3,(H2,21,22,23). The highest BCUT2D eigenvalue weighted by Crippen LogP contribution is 2.16. The Labute approximate surface area is 165 Å². The van der Waals surface area contributed by atoms with Gasteiger partial charge in [-0.2, -0.15) is 0 Å². The zero-order valence-electron chi connectivity index (χ0n) is 16.5. The molecule has 0 spiro atoms. The number of aromatic nitrogens is 2. The van der Waals surface area contributed by atoms with Crippen molar-refractivity contribution in [3.63, 3.8) is 0 Å². The number of hydrogen-bond donors (Lipinski definition) is 2. The molecule has 0 aliphatic rings. The lowest BCUT2D eigenvalue weighted by Crippen LogP contribution is -2.36. The monoisotopic (exact) mass is 399 g/mol. The Bertz CT molecular complexity index is 1130. The topological polar surface area (TPSA) is 87.9 Å². The van der Waals surface area contributed by atoms with E-state index in [1.807, 2.05) is 43.5 Å². The summed E-state index contributed by atoms with van der Waals surface area (Å²) in [6.45, 7) is 4.93. The van der Waals surface area contributed by atoms with Crippen LogP contribution >= 0.6 is 0 Å². The maximum atomic E-state index is 11.7. The molecule has 2 heterocycles. The van der Waals surface area contributed by atoms with E-state index < -0.39 is 9.84 Å². The lowest BCUT2D eigenvalue weighted by molar-refractivity contribution is 0.601. The molecular formula is C20H25N5O2S. The summed E-state index contributed by atoms with van der Waals surface area (Å²) < 4.78 is 25.5. The maximum absolute atomic E-state index is 11.7. The Morgan fingerprint density at radius 2 is 1.89 bits per heavy atom. The zero-order valence-corrected chi connectivity index (χ0v) is 17.3. The molecule has 0 radical (unpaired) electrons. The van der Waals surface area contributed by atoms with E-state index >= 15 is 0 Å². The fraction of sp³-hybridized carbons (Fsp3) is 0.300. The third kappa shape index (κ3) is 4.51. The Morgan fingerprint density at radius 1 is 1.14 bits per heavy atom. The zero-order chi connectivity index (χ0) is 20.3. The SMILES string of the molecule is CN=C(NCc1ccc(S(C)(=O)=O)c(C)c1)NCc1cn2c(C)cccc2n1. The number of rotatable bonds is 5. The summed E-state index contributed by atoms with van der Waals surface area (Å²) in [4.78, 5) is 9.20. The molecule has 0 saturated carbocycles. The number of benzene rings is 1. The van der Waals surface area contributed by atoms with Crippen molar-refractivity contribution in [3.8, 4) is 0 Å². The van der Waals surface area contributed by atoms with E-state index in [0.29, 0.717) is 23.9 Å². The van der Waals surface area contributed by atoms with E-state index in [1.54, 1.807) is 20.0 Å². The number of fused-ring (bicyclic) bond motifs is 1. The summed E-state index contributed by atoms with van der Waals surface area (Å²) in [5, 5.41) is 6.50. The van der Waals surface area contributed by atoms with Gasteiger partial charge in [0.1, 0.15) is 5.65 Å². The van der Waals surface area contributed by atoms with Crippen molar-refractivity contribution in [1.29, 1.82) is 0 Å². The molecule has 2 N–H and O–H groups in total. The van der Waals surface area contributed by atoms with Crippen LogP contribution in [-0.4, -0.2) is 37.1 Å². The van der Waals surface area contributed by atoms with Crippen molar-refractivity contribution in [1.82, 2.24) is 20.0 Å². The minimum atomic E-state index is -3.21. The van der Waals surface area contributed by atoms with Crippen LogP contribution in [-0.2, 0) is 22.9 Å². The maximum Gasteiger partial charge on any atom is 0.191 e. The quantitative estimate of drug-likeness (QED) is 0.507. The summed E-state index contributed by atoms with van der Waals surface area (Å²) in [6.07, 6.45) is 3.23. The molecule has 0 atom stereocenters. The van der Waals surface area contributed by atoms with Crippen LogP contribution in [0.4, 0.5) is 0 Å². The molecule has 0 aliphatic carbocycles. The second-order valence-corrected chi connectivity index (χ2v) is 8.76. The molecule has 1 aromatic carbocycles. The van der Waals surface area contributed by atoms with Crippen molar-refractivity contribution in [2.75, 3.05) is 13.3 Å². The van der Waals surface area contributed by atoms with E-state index in [9.17, 15) is 8.42 Å². The van der Waals surface area contributed by atoms with Gasteiger partial charge in [0.05, 0.1) is 17.1 Å². The average molecular weight is 400 g/mol. The Morgan fingerprint density at radius 3 is 2.54 bits per heavy atom. The van der Waals surface area contributed by atoms with Crippen LogP contribution in [0.25, 0.3) is 5.65 Å². The molecule has 0 fully saturated rings. The third-order valence-electron chi connectivity index (χ3n) is 4.51. The van der Waals surface area contributed by atoms with Crippen molar-refractivity contribution in [2.24, 2.45) is 4.99 Å². The van der Waals surface area contributed by atoms with Crippen LogP contribution in [0, 0.1) is 13.8 Å². The Kier molecular flexibility index (Phi) is 5.69. The molecule has 148 valence electrons. The summed E-state index contributed by atoms with van der Waals surface area (Å²) >= 11 is 0. The van der Waals surface area contributed by atoms with Crippen molar-refractivity contribution in [3.05, 3.63) is 65.1 Å². The second kappa shape index (κ2) is 8.02. The molecule has 3 aromatic rings. The first-order valence-electron chi connectivity index (χ1n) is 8.95. The van der Waals surface area contributed by atoms with E-state index in [4.69, 9.17) is 0 Å². The number of nitrogens with zero attached hydrogens (tertiary/aromatic N) is 3. The molecule has 3 rings (SSSR count). The van der Waals surface area contributed by atoms with E-state index in [1.165, 1.54) is 6.26 Å². The minimum Gasteiger partial charge on any atom is -0.352 e. The van der Waals surface area contributed by atoms with Crippen LogP contribution in [0.5, 0.6) is 0 Å². The molecule has 0 amide bonds. The number of aryl methyl sites for hydroxylation is 2. The van der Waals surface area contributed by atoms with Crippen LogP contribution in [0.2, 0.25) is 0 Å². The predicted octanol–water partition coefficient (Wildman–Crippen LogP) is 2.22. The van der Waals surface area contributed by atoms with E-state index in [0.717, 1.165) is 28.2 Å². The van der Waals surface area contributed by atoms with Crippen molar-refractivity contribution in [2.45, 2.75) is 31.8 Å². The lowest BCUT2D eigenvalue weighted by atomic mass is 10.1. The molecule has 0 aliphatic heterocycles. The van der Waals surface area contributed by atoms with E-state index in [-0.39, 0.29) is 0 Å². The Balaban J connectivity index is 1.62. The van der Waals surface area contributed by atoms with E-state index in [2.05, 4.69) is 25.0 Å². The predicted molar refractivity (Wildman–Crippen MR) is 111 cm³/mol. The summed E-state index contributed by atoms with van der Waals surface area (Å²) in [5.74, 6) is 0.652. The number of hydrogen-bond acceptors (Lipinski definition) is 4. The lowest BCUT2D eigenvalue weighted by Gasteiger charge is -2.12. The smallest absolute Gasteiger partial charge is 0.191 e. The van der Waals surface area contributed by atoms with Crippen LogP contribution < -0.4 is 10.6 Å². The van der Waals surface area contributed by atoms with Gasteiger partial charge in [-0.05, 0) is 43.2 Å². The van der Waals surface area contributed by atoms with Gasteiger partial charge in [-0.1, -0.05) is 18.2 Å². The average Bonchev–Trinajstić information content (AvgIpc) is 3.05. The van der Waals surface area contributed by atoms with Gasteiger partial charge in [0.25, 0.3) is 0 Å². The van der Waals surface area contributed by atoms with Crippen molar-refractivity contribution >= 4 is 21.4 Å². The van der Waals surface area contributed by atoms with Gasteiger partial charge < -0.3 is 15.0 Å². The highest BCUT2D eigenvalue weighted by Gasteiger charge is 2.11. The Hall–Kier alpha value is -2.87. The van der Waals surface area contributed by atoms with Gasteiger partial charge in [0.2, 0.25) is 0 Å². The number of nitrogens with one attached hydrogen (secondary N) is 2. The number of sulfone groups is 1. The van der Waals surface area contributed by atoms with Crippen LogP contribution in [0.15, 0.2) is 52.5 Å². The first-order valence-corrected chi connectivity index (χ1v) is 10.8. The van der Waals surface area contributed by atoms with Gasteiger partial charge in [-0.15, -0.1) is 0 Å². The van der Waals surface area contributed by atoms with Gasteiger partial charge in [0, 0.05) is 31.7 Å². The molecule has 28 heavy (non-hydrogen) atoms. The van der Waals surface area contributed by atoms with Gasteiger partial charge in [0.15, 0.2) is 15.8 Å². The van der Waals surface area contributed by atoms with Crippen LogP contribution in [0.1, 0.15) is 22.5 Å². The third-order valence-corrected chi connectivity index (χ3v) is 5.76. The number of aliphatic imine (C=N–C) groups is 1. The first-order chi connectivity index (χ1) is 13.3. The highest BCUT2D eigenvalue weighted by molar-refractivity contribution is 7.90. The molecule has 7 nitrogen and oxygen atoms in total. The number of guanidine groups is 1. The molecule has 2 aromatic heterocycles. The molecule has 0 bridgehead atoms. The summed E-state index contributed by atoms with van der Waals surface area (Å²) in [7, 11) is -1.50.